The van der Waals surface area contributed by atoms with Crippen LogP contribution in [-0.4, -0.2) is 37.6 Å². The van der Waals surface area contributed by atoms with E-state index in [1.807, 2.05) is 20.8 Å². The number of hydrogen-bond acceptors (Lipinski definition) is 3. The molecule has 0 aliphatic rings. The van der Waals surface area contributed by atoms with Crippen molar-refractivity contribution in [2.24, 2.45) is 0 Å². The van der Waals surface area contributed by atoms with Crippen molar-refractivity contribution in [3.05, 3.63) is 0 Å². The average Bonchev–Trinajstić information content (AvgIpc) is 2.23. The molecule has 0 fully saturated rings. The quantitative estimate of drug-likeness (QED) is 0.649. The monoisotopic (exact) mass is 206 g/mol. The number of ether oxygens (including phenoxy) is 2. The molecule has 0 spiro atoms. The normalized spacial score (nSPS) is 11.8. The Morgan fingerprint density at radius 2 is 1.57 bits per heavy atom. The first-order valence-corrected chi connectivity index (χ1v) is 5.56. The number of aliphatic hydroxyl groups is 1. The molecular weight excluding hydrogens is 180 g/mol. The predicted octanol–water partition coefficient (Wildman–Crippen LogP) is 2.23. The lowest BCUT2D eigenvalue weighted by Crippen LogP contribution is -2.13. The summed E-state index contributed by atoms with van der Waals surface area (Å²) in [5.74, 6) is 0. The molecule has 1 atom stereocenters. The second-order valence-electron chi connectivity index (χ2n) is 2.92. The SMILES string of the molecule is CCCOCC.CCOCC(O)CC. The van der Waals surface area contributed by atoms with Gasteiger partial charge in [-0.1, -0.05) is 13.8 Å². The van der Waals surface area contributed by atoms with Crippen LogP contribution in [0.15, 0.2) is 0 Å². The van der Waals surface area contributed by atoms with Gasteiger partial charge in [-0.2, -0.15) is 0 Å². The third-order valence-corrected chi connectivity index (χ3v) is 1.54. The topological polar surface area (TPSA) is 38.7 Å². The van der Waals surface area contributed by atoms with Crippen LogP contribution in [0.5, 0.6) is 0 Å². The van der Waals surface area contributed by atoms with Gasteiger partial charge in [-0.3, -0.25) is 0 Å². The minimum absolute atomic E-state index is 0.269. The molecule has 0 saturated heterocycles. The third-order valence-electron chi connectivity index (χ3n) is 1.54. The molecule has 0 aromatic rings. The maximum absolute atomic E-state index is 8.86. The summed E-state index contributed by atoms with van der Waals surface area (Å²) in [5, 5.41) is 8.86. The van der Waals surface area contributed by atoms with Gasteiger partial charge in [-0.05, 0) is 26.7 Å². The zero-order valence-corrected chi connectivity index (χ0v) is 10.1. The Morgan fingerprint density at radius 3 is 1.86 bits per heavy atom. The average molecular weight is 206 g/mol. The van der Waals surface area contributed by atoms with E-state index < -0.39 is 0 Å². The maximum atomic E-state index is 8.86. The van der Waals surface area contributed by atoms with Crippen molar-refractivity contribution in [2.45, 2.75) is 46.6 Å². The fourth-order valence-corrected chi connectivity index (χ4v) is 0.660. The highest BCUT2D eigenvalue weighted by molar-refractivity contribution is 4.46. The molecule has 88 valence electrons. The van der Waals surface area contributed by atoms with E-state index in [1.165, 1.54) is 0 Å². The van der Waals surface area contributed by atoms with Crippen LogP contribution in [0.2, 0.25) is 0 Å². The van der Waals surface area contributed by atoms with Crippen molar-refractivity contribution in [3.8, 4) is 0 Å². The highest BCUT2D eigenvalue weighted by atomic mass is 16.5. The van der Waals surface area contributed by atoms with Gasteiger partial charge in [0.2, 0.25) is 0 Å². The zero-order chi connectivity index (χ0) is 11.2. The molecule has 0 aromatic heterocycles. The molecule has 0 amide bonds. The van der Waals surface area contributed by atoms with Gasteiger partial charge in [-0.15, -0.1) is 0 Å². The van der Waals surface area contributed by atoms with Crippen LogP contribution in [0.4, 0.5) is 0 Å². The van der Waals surface area contributed by atoms with Crippen molar-refractivity contribution in [1.82, 2.24) is 0 Å². The minimum Gasteiger partial charge on any atom is -0.391 e. The molecule has 0 aliphatic heterocycles. The molecule has 0 saturated carbocycles. The van der Waals surface area contributed by atoms with Gasteiger partial charge >= 0.3 is 0 Å². The molecule has 0 heterocycles. The molecule has 0 rings (SSSR count). The second kappa shape index (κ2) is 15.4. The summed E-state index contributed by atoms with van der Waals surface area (Å²) in [5.41, 5.74) is 0. The molecule has 0 bridgehead atoms. The van der Waals surface area contributed by atoms with E-state index in [0.29, 0.717) is 13.2 Å². The van der Waals surface area contributed by atoms with E-state index in [2.05, 4.69) is 6.92 Å². The van der Waals surface area contributed by atoms with E-state index >= 15 is 0 Å². The number of rotatable bonds is 7. The molecule has 3 heteroatoms. The molecule has 0 aromatic carbocycles. The summed E-state index contributed by atoms with van der Waals surface area (Å²) in [6, 6.07) is 0. The Morgan fingerprint density at radius 1 is 1.00 bits per heavy atom. The van der Waals surface area contributed by atoms with Crippen molar-refractivity contribution >= 4 is 0 Å². The molecule has 14 heavy (non-hydrogen) atoms. The molecular formula is C11H26O3. The van der Waals surface area contributed by atoms with E-state index in [1.54, 1.807) is 0 Å². The first-order chi connectivity index (χ1) is 6.72. The summed E-state index contributed by atoms with van der Waals surface area (Å²) in [7, 11) is 0. The van der Waals surface area contributed by atoms with Gasteiger partial charge in [0.15, 0.2) is 0 Å². The van der Waals surface area contributed by atoms with Gasteiger partial charge in [-0.25, -0.2) is 0 Å². The van der Waals surface area contributed by atoms with Crippen LogP contribution in [0.1, 0.15) is 40.5 Å². The maximum Gasteiger partial charge on any atom is 0.0771 e. The predicted molar refractivity (Wildman–Crippen MR) is 59.6 cm³/mol. The molecule has 0 radical (unpaired) electrons. The number of hydrogen-bond donors (Lipinski definition) is 1. The van der Waals surface area contributed by atoms with Gasteiger partial charge < -0.3 is 14.6 Å². The van der Waals surface area contributed by atoms with Crippen LogP contribution in [0.3, 0.4) is 0 Å². The van der Waals surface area contributed by atoms with Crippen molar-refractivity contribution < 1.29 is 14.6 Å². The summed E-state index contributed by atoms with van der Waals surface area (Å²) < 4.78 is 9.92. The molecule has 0 aliphatic carbocycles. The number of aliphatic hydroxyl groups excluding tert-OH is 1. The highest BCUT2D eigenvalue weighted by Gasteiger charge is 1.96. The fraction of sp³-hybridized carbons (Fsp3) is 1.00. The lowest BCUT2D eigenvalue weighted by Gasteiger charge is -2.05. The summed E-state index contributed by atoms with van der Waals surface area (Å²) in [4.78, 5) is 0. The fourth-order valence-electron chi connectivity index (χ4n) is 0.660. The molecule has 3 nitrogen and oxygen atoms in total. The van der Waals surface area contributed by atoms with E-state index in [-0.39, 0.29) is 6.10 Å². The largest absolute Gasteiger partial charge is 0.391 e. The van der Waals surface area contributed by atoms with Gasteiger partial charge in [0.25, 0.3) is 0 Å². The Balaban J connectivity index is 0. The van der Waals surface area contributed by atoms with Gasteiger partial charge in [0.1, 0.15) is 0 Å². The molecule has 1 unspecified atom stereocenters. The Bertz CT molecular complexity index is 82.6. The second-order valence-corrected chi connectivity index (χ2v) is 2.92. The Hall–Kier alpha value is -0.120. The van der Waals surface area contributed by atoms with Crippen molar-refractivity contribution in [3.63, 3.8) is 0 Å². The summed E-state index contributed by atoms with van der Waals surface area (Å²) >= 11 is 0. The zero-order valence-electron chi connectivity index (χ0n) is 10.1. The smallest absolute Gasteiger partial charge is 0.0771 e. The van der Waals surface area contributed by atoms with E-state index in [9.17, 15) is 0 Å². The Labute approximate surface area is 88.4 Å². The van der Waals surface area contributed by atoms with Crippen LogP contribution >= 0.6 is 0 Å². The highest BCUT2D eigenvalue weighted by Crippen LogP contribution is 1.89. The van der Waals surface area contributed by atoms with Gasteiger partial charge in [0.05, 0.1) is 12.7 Å². The van der Waals surface area contributed by atoms with Crippen LogP contribution in [0.25, 0.3) is 0 Å². The summed E-state index contributed by atoms with van der Waals surface area (Å²) in [6.45, 7) is 10.9. The lowest BCUT2D eigenvalue weighted by atomic mass is 10.3. The minimum atomic E-state index is -0.269. The standard InChI is InChI=1S/C6H14O2.C5H12O/c1-3-6(7)5-8-4-2;1-3-5-6-4-2/h6-7H,3-5H2,1-2H3;3-5H2,1-2H3. The lowest BCUT2D eigenvalue weighted by molar-refractivity contribution is 0.0408. The van der Waals surface area contributed by atoms with Crippen LogP contribution in [0, 0.1) is 0 Å². The van der Waals surface area contributed by atoms with Gasteiger partial charge in [0, 0.05) is 19.8 Å². The summed E-state index contributed by atoms with van der Waals surface area (Å²) in [6.07, 6.45) is 1.64. The van der Waals surface area contributed by atoms with E-state index in [0.717, 1.165) is 26.1 Å². The van der Waals surface area contributed by atoms with Crippen LogP contribution in [-0.2, 0) is 9.47 Å². The van der Waals surface area contributed by atoms with Crippen molar-refractivity contribution in [1.29, 1.82) is 0 Å². The van der Waals surface area contributed by atoms with Crippen molar-refractivity contribution in [2.75, 3.05) is 26.4 Å². The third kappa shape index (κ3) is 17.8. The molecule has 1 N–H and O–H groups in total. The van der Waals surface area contributed by atoms with Crippen LogP contribution < -0.4 is 0 Å². The van der Waals surface area contributed by atoms with E-state index in [4.69, 9.17) is 14.6 Å². The Kier molecular flexibility index (Phi) is 17.9. The first kappa shape index (κ1) is 16.3. The first-order valence-electron chi connectivity index (χ1n) is 5.56.